The Morgan fingerprint density at radius 1 is 1.44 bits per heavy atom. The van der Waals surface area contributed by atoms with Gasteiger partial charge in [0.2, 0.25) is 0 Å². The Kier molecular flexibility index (Phi) is 5.36. The van der Waals surface area contributed by atoms with Gasteiger partial charge < -0.3 is 5.32 Å². The lowest BCUT2D eigenvalue weighted by Crippen LogP contribution is -2.23. The monoisotopic (exact) mass is 260 g/mol. The topological polar surface area (TPSA) is 24.9 Å². The van der Waals surface area contributed by atoms with Crippen LogP contribution < -0.4 is 5.32 Å². The van der Waals surface area contributed by atoms with Crippen molar-refractivity contribution in [2.75, 3.05) is 17.7 Å². The maximum Gasteiger partial charge on any atom is 0.144 e. The van der Waals surface area contributed by atoms with Crippen LogP contribution in [0.1, 0.15) is 26.7 Å². The van der Waals surface area contributed by atoms with E-state index in [1.165, 1.54) is 0 Å². The van der Waals surface area contributed by atoms with Crippen LogP contribution in [0.15, 0.2) is 18.3 Å². The maximum absolute atomic E-state index is 6.01. The van der Waals surface area contributed by atoms with Crippen molar-refractivity contribution in [3.63, 3.8) is 0 Å². The van der Waals surface area contributed by atoms with Gasteiger partial charge in [-0.05, 0) is 30.4 Å². The van der Waals surface area contributed by atoms with Crippen molar-refractivity contribution in [2.45, 2.75) is 26.7 Å². The standard InChI is InChI=1S/C12H18Cl2N2/c1-12(2,6-4-7-13)9-16-11-10(14)5-3-8-15-11/h3,5,8H,4,6-7,9H2,1-2H3,(H,15,16). The van der Waals surface area contributed by atoms with Gasteiger partial charge in [-0.2, -0.15) is 0 Å². The Balaban J connectivity index is 2.47. The predicted octanol–water partition coefficient (Wildman–Crippen LogP) is 4.19. The van der Waals surface area contributed by atoms with Gasteiger partial charge in [-0.3, -0.25) is 0 Å². The van der Waals surface area contributed by atoms with Crippen molar-refractivity contribution in [3.05, 3.63) is 23.4 Å². The summed E-state index contributed by atoms with van der Waals surface area (Å²) in [6.45, 7) is 5.27. The number of rotatable bonds is 6. The molecule has 2 nitrogen and oxygen atoms in total. The number of nitrogens with zero attached hydrogens (tertiary/aromatic N) is 1. The van der Waals surface area contributed by atoms with Crippen molar-refractivity contribution in [2.24, 2.45) is 5.41 Å². The molecule has 0 radical (unpaired) electrons. The van der Waals surface area contributed by atoms with E-state index in [2.05, 4.69) is 24.1 Å². The largest absolute Gasteiger partial charge is 0.368 e. The Morgan fingerprint density at radius 2 is 2.19 bits per heavy atom. The number of alkyl halides is 1. The van der Waals surface area contributed by atoms with Gasteiger partial charge in [0, 0.05) is 18.6 Å². The molecule has 0 amide bonds. The van der Waals surface area contributed by atoms with Gasteiger partial charge in [-0.25, -0.2) is 4.98 Å². The average Bonchev–Trinajstić information content (AvgIpc) is 2.26. The summed E-state index contributed by atoms with van der Waals surface area (Å²) in [7, 11) is 0. The van der Waals surface area contributed by atoms with Crippen molar-refractivity contribution in [1.29, 1.82) is 0 Å². The van der Waals surface area contributed by atoms with Gasteiger partial charge in [-0.1, -0.05) is 25.4 Å². The first-order valence-electron chi connectivity index (χ1n) is 5.45. The summed E-state index contributed by atoms with van der Waals surface area (Å²) in [5.41, 5.74) is 0.204. The summed E-state index contributed by atoms with van der Waals surface area (Å²) in [5.74, 6) is 1.47. The minimum Gasteiger partial charge on any atom is -0.368 e. The fraction of sp³-hybridized carbons (Fsp3) is 0.583. The molecule has 0 saturated heterocycles. The molecule has 1 aromatic rings. The molecule has 1 N–H and O–H groups in total. The molecular formula is C12H18Cl2N2. The van der Waals surface area contributed by atoms with E-state index < -0.39 is 0 Å². The number of anilines is 1. The highest BCUT2D eigenvalue weighted by atomic mass is 35.5. The van der Waals surface area contributed by atoms with Gasteiger partial charge in [0.15, 0.2) is 0 Å². The molecule has 0 aliphatic rings. The first kappa shape index (κ1) is 13.6. The molecule has 1 aromatic heterocycles. The third-order valence-electron chi connectivity index (χ3n) is 2.48. The average molecular weight is 261 g/mol. The van der Waals surface area contributed by atoms with Crippen molar-refractivity contribution < 1.29 is 0 Å². The predicted molar refractivity (Wildman–Crippen MR) is 71.5 cm³/mol. The summed E-state index contributed by atoms with van der Waals surface area (Å²) >= 11 is 11.7. The molecule has 16 heavy (non-hydrogen) atoms. The number of hydrogen-bond acceptors (Lipinski definition) is 2. The number of halogens is 2. The van der Waals surface area contributed by atoms with Crippen LogP contribution in [-0.4, -0.2) is 17.4 Å². The Morgan fingerprint density at radius 3 is 2.81 bits per heavy atom. The smallest absolute Gasteiger partial charge is 0.144 e. The zero-order valence-electron chi connectivity index (χ0n) is 9.76. The van der Waals surface area contributed by atoms with Gasteiger partial charge in [-0.15, -0.1) is 11.6 Å². The van der Waals surface area contributed by atoms with Gasteiger partial charge in [0.25, 0.3) is 0 Å². The Hall–Kier alpha value is -0.470. The molecule has 4 heteroatoms. The normalized spacial score (nSPS) is 11.5. The van der Waals surface area contributed by atoms with Crippen LogP contribution in [0.25, 0.3) is 0 Å². The zero-order valence-corrected chi connectivity index (χ0v) is 11.3. The van der Waals surface area contributed by atoms with Crippen molar-refractivity contribution >= 4 is 29.0 Å². The van der Waals surface area contributed by atoms with Crippen LogP contribution in [0.3, 0.4) is 0 Å². The second-order valence-electron chi connectivity index (χ2n) is 4.64. The van der Waals surface area contributed by atoms with Crippen LogP contribution in [0.4, 0.5) is 5.82 Å². The fourth-order valence-electron chi connectivity index (χ4n) is 1.47. The summed E-state index contributed by atoms with van der Waals surface area (Å²) in [6.07, 6.45) is 3.86. The van der Waals surface area contributed by atoms with Crippen LogP contribution in [0.5, 0.6) is 0 Å². The highest BCUT2D eigenvalue weighted by molar-refractivity contribution is 6.32. The third kappa shape index (κ3) is 4.58. The lowest BCUT2D eigenvalue weighted by atomic mass is 9.88. The van der Waals surface area contributed by atoms with Gasteiger partial charge in [0.1, 0.15) is 5.82 Å². The summed E-state index contributed by atoms with van der Waals surface area (Å²) < 4.78 is 0. The molecule has 0 aliphatic heterocycles. The Labute approximate surface area is 107 Å². The number of nitrogens with one attached hydrogen (secondary N) is 1. The fourth-order valence-corrected chi connectivity index (χ4v) is 1.79. The highest BCUT2D eigenvalue weighted by Gasteiger charge is 2.17. The first-order valence-corrected chi connectivity index (χ1v) is 6.37. The van der Waals surface area contributed by atoms with E-state index in [1.807, 2.05) is 12.1 Å². The van der Waals surface area contributed by atoms with Crippen LogP contribution in [-0.2, 0) is 0 Å². The molecule has 90 valence electrons. The number of aromatic nitrogens is 1. The Bertz CT molecular complexity index is 327. The van der Waals surface area contributed by atoms with E-state index >= 15 is 0 Å². The second-order valence-corrected chi connectivity index (χ2v) is 5.43. The van der Waals surface area contributed by atoms with E-state index in [0.29, 0.717) is 10.9 Å². The van der Waals surface area contributed by atoms with Crippen molar-refractivity contribution in [3.8, 4) is 0 Å². The highest BCUT2D eigenvalue weighted by Crippen LogP contribution is 2.25. The molecule has 0 atom stereocenters. The van der Waals surface area contributed by atoms with E-state index in [1.54, 1.807) is 6.20 Å². The second kappa shape index (κ2) is 6.31. The maximum atomic E-state index is 6.01. The van der Waals surface area contributed by atoms with Crippen LogP contribution in [0, 0.1) is 5.41 Å². The van der Waals surface area contributed by atoms with E-state index in [9.17, 15) is 0 Å². The molecule has 0 fully saturated rings. The number of hydrogen-bond donors (Lipinski definition) is 1. The SMILES string of the molecule is CC(C)(CCCCl)CNc1ncccc1Cl. The molecule has 0 aromatic carbocycles. The van der Waals surface area contributed by atoms with E-state index in [0.717, 1.165) is 25.2 Å². The van der Waals surface area contributed by atoms with Crippen LogP contribution >= 0.6 is 23.2 Å². The van der Waals surface area contributed by atoms with E-state index in [-0.39, 0.29) is 5.41 Å². The summed E-state index contributed by atoms with van der Waals surface area (Å²) in [4.78, 5) is 4.19. The number of pyridine rings is 1. The summed E-state index contributed by atoms with van der Waals surface area (Å²) in [6, 6.07) is 3.66. The third-order valence-corrected chi connectivity index (χ3v) is 3.05. The first-order chi connectivity index (χ1) is 7.55. The van der Waals surface area contributed by atoms with Gasteiger partial charge >= 0.3 is 0 Å². The van der Waals surface area contributed by atoms with Crippen LogP contribution in [0.2, 0.25) is 5.02 Å². The lowest BCUT2D eigenvalue weighted by Gasteiger charge is -2.25. The molecule has 0 unspecified atom stereocenters. The minimum atomic E-state index is 0.204. The minimum absolute atomic E-state index is 0.204. The van der Waals surface area contributed by atoms with E-state index in [4.69, 9.17) is 23.2 Å². The zero-order chi connectivity index (χ0) is 12.0. The molecule has 0 aliphatic carbocycles. The molecule has 0 saturated carbocycles. The van der Waals surface area contributed by atoms with Gasteiger partial charge in [0.05, 0.1) is 5.02 Å². The summed E-state index contributed by atoms with van der Waals surface area (Å²) in [5, 5.41) is 3.94. The van der Waals surface area contributed by atoms with Crippen molar-refractivity contribution in [1.82, 2.24) is 4.98 Å². The molecule has 1 heterocycles. The molecule has 0 spiro atoms. The quantitative estimate of drug-likeness (QED) is 0.776. The molecular weight excluding hydrogens is 243 g/mol. The molecule has 0 bridgehead atoms. The lowest BCUT2D eigenvalue weighted by molar-refractivity contribution is 0.355. The molecule has 1 rings (SSSR count).